The minimum atomic E-state index is -3.73. The normalized spacial score (nSPS) is 11.3. The van der Waals surface area contributed by atoms with Crippen LogP contribution in [0.5, 0.6) is 5.75 Å². The Hall–Kier alpha value is -1.60. The van der Waals surface area contributed by atoms with Crippen LogP contribution in [0.1, 0.15) is 37.3 Å². The molecule has 0 saturated heterocycles. The SMILES string of the molecule is CCCCC(=O)NCCOc1cc(C)c(S(N)(=O)=O)cc1C. The first kappa shape index (κ1) is 18.4. The summed E-state index contributed by atoms with van der Waals surface area (Å²) in [6.07, 6.45) is 2.39. The summed E-state index contributed by atoms with van der Waals surface area (Å²) < 4.78 is 28.4. The van der Waals surface area contributed by atoms with Crippen molar-refractivity contribution in [2.24, 2.45) is 5.14 Å². The lowest BCUT2D eigenvalue weighted by atomic mass is 10.1. The van der Waals surface area contributed by atoms with E-state index in [2.05, 4.69) is 5.32 Å². The van der Waals surface area contributed by atoms with Gasteiger partial charge in [0.15, 0.2) is 0 Å². The van der Waals surface area contributed by atoms with Gasteiger partial charge in [0.1, 0.15) is 12.4 Å². The number of nitrogens with two attached hydrogens (primary N) is 1. The largest absolute Gasteiger partial charge is 0.491 e. The number of carbonyl (C=O) groups is 1. The summed E-state index contributed by atoms with van der Waals surface area (Å²) in [6.45, 7) is 6.19. The molecule has 1 aromatic rings. The first-order chi connectivity index (χ1) is 10.3. The van der Waals surface area contributed by atoms with Crippen molar-refractivity contribution < 1.29 is 17.9 Å². The Kier molecular flexibility index (Phi) is 6.83. The number of carbonyl (C=O) groups excluding carboxylic acids is 1. The number of benzene rings is 1. The molecule has 0 aromatic heterocycles. The predicted molar refractivity (Wildman–Crippen MR) is 85.3 cm³/mol. The van der Waals surface area contributed by atoms with E-state index in [1.165, 1.54) is 6.07 Å². The molecule has 0 unspecified atom stereocenters. The number of ether oxygens (including phenoxy) is 1. The van der Waals surface area contributed by atoms with Gasteiger partial charge in [-0.25, -0.2) is 13.6 Å². The Morgan fingerprint density at radius 1 is 1.27 bits per heavy atom. The van der Waals surface area contributed by atoms with Gasteiger partial charge in [-0.3, -0.25) is 4.79 Å². The molecule has 6 nitrogen and oxygen atoms in total. The van der Waals surface area contributed by atoms with Gasteiger partial charge in [0.2, 0.25) is 15.9 Å². The third kappa shape index (κ3) is 5.65. The smallest absolute Gasteiger partial charge is 0.238 e. The number of primary sulfonamides is 1. The fraction of sp³-hybridized carbons (Fsp3) is 0.533. The molecule has 3 N–H and O–H groups in total. The third-order valence-corrected chi connectivity index (χ3v) is 4.27. The first-order valence-corrected chi connectivity index (χ1v) is 8.84. The highest BCUT2D eigenvalue weighted by molar-refractivity contribution is 7.89. The minimum Gasteiger partial charge on any atom is -0.491 e. The molecule has 0 aliphatic rings. The van der Waals surface area contributed by atoms with Gasteiger partial charge in [0.05, 0.1) is 11.4 Å². The van der Waals surface area contributed by atoms with Gasteiger partial charge in [-0.15, -0.1) is 0 Å². The summed E-state index contributed by atoms with van der Waals surface area (Å²) in [7, 11) is -3.73. The lowest BCUT2D eigenvalue weighted by Gasteiger charge is -2.13. The predicted octanol–water partition coefficient (Wildman–Crippen LogP) is 1.64. The summed E-state index contributed by atoms with van der Waals surface area (Å²) in [5.41, 5.74) is 1.22. The van der Waals surface area contributed by atoms with Crippen molar-refractivity contribution in [3.8, 4) is 5.75 Å². The zero-order valence-electron chi connectivity index (χ0n) is 13.3. The van der Waals surface area contributed by atoms with Crippen LogP contribution >= 0.6 is 0 Å². The second-order valence-electron chi connectivity index (χ2n) is 5.23. The summed E-state index contributed by atoms with van der Waals surface area (Å²) >= 11 is 0. The van der Waals surface area contributed by atoms with Gasteiger partial charge in [-0.1, -0.05) is 13.3 Å². The fourth-order valence-corrected chi connectivity index (χ4v) is 2.85. The first-order valence-electron chi connectivity index (χ1n) is 7.29. The van der Waals surface area contributed by atoms with Crippen molar-refractivity contribution in [2.45, 2.75) is 44.9 Å². The quantitative estimate of drug-likeness (QED) is 0.709. The van der Waals surface area contributed by atoms with E-state index in [1.807, 2.05) is 6.92 Å². The molecule has 0 atom stereocenters. The molecule has 0 spiro atoms. The molecular formula is C15H24N2O4S. The second-order valence-corrected chi connectivity index (χ2v) is 6.76. The molecule has 22 heavy (non-hydrogen) atoms. The third-order valence-electron chi connectivity index (χ3n) is 3.22. The van der Waals surface area contributed by atoms with E-state index in [0.717, 1.165) is 12.8 Å². The van der Waals surface area contributed by atoms with Crippen LogP contribution in [0.4, 0.5) is 0 Å². The Bertz CT molecular complexity index is 627. The van der Waals surface area contributed by atoms with E-state index in [0.29, 0.717) is 36.4 Å². The Labute approximate surface area is 132 Å². The molecule has 0 radical (unpaired) electrons. The van der Waals surface area contributed by atoms with Crippen LogP contribution in [-0.2, 0) is 14.8 Å². The molecule has 1 aromatic carbocycles. The van der Waals surface area contributed by atoms with E-state index in [4.69, 9.17) is 9.88 Å². The highest BCUT2D eigenvalue weighted by Gasteiger charge is 2.14. The van der Waals surface area contributed by atoms with Gasteiger partial charge in [-0.2, -0.15) is 0 Å². The van der Waals surface area contributed by atoms with E-state index in [9.17, 15) is 13.2 Å². The summed E-state index contributed by atoms with van der Waals surface area (Å²) in [5, 5.41) is 7.93. The second kappa shape index (κ2) is 8.14. The molecule has 0 fully saturated rings. The maximum atomic E-state index is 11.4. The van der Waals surface area contributed by atoms with Gasteiger partial charge < -0.3 is 10.1 Å². The Balaban J connectivity index is 2.57. The Morgan fingerprint density at radius 3 is 2.55 bits per heavy atom. The molecule has 7 heteroatoms. The fourth-order valence-electron chi connectivity index (χ4n) is 2.00. The topological polar surface area (TPSA) is 98.5 Å². The zero-order chi connectivity index (χ0) is 16.8. The van der Waals surface area contributed by atoms with Crippen molar-refractivity contribution >= 4 is 15.9 Å². The number of nitrogens with one attached hydrogen (secondary N) is 1. The van der Waals surface area contributed by atoms with Crippen molar-refractivity contribution in [1.82, 2.24) is 5.32 Å². The maximum Gasteiger partial charge on any atom is 0.238 e. The van der Waals surface area contributed by atoms with Crippen LogP contribution in [0.3, 0.4) is 0 Å². The number of unbranched alkanes of at least 4 members (excludes halogenated alkanes) is 1. The van der Waals surface area contributed by atoms with Gasteiger partial charge >= 0.3 is 0 Å². The monoisotopic (exact) mass is 328 g/mol. The molecule has 1 amide bonds. The highest BCUT2D eigenvalue weighted by Crippen LogP contribution is 2.25. The molecule has 0 aliphatic heterocycles. The maximum absolute atomic E-state index is 11.4. The molecule has 124 valence electrons. The van der Waals surface area contributed by atoms with Crippen LogP contribution in [0.2, 0.25) is 0 Å². The molecule has 0 bridgehead atoms. The van der Waals surface area contributed by atoms with Crippen LogP contribution in [0.25, 0.3) is 0 Å². The van der Waals surface area contributed by atoms with E-state index in [-0.39, 0.29) is 10.8 Å². The number of sulfonamides is 1. The summed E-state index contributed by atoms with van der Waals surface area (Å²) in [4.78, 5) is 11.5. The Morgan fingerprint density at radius 2 is 1.95 bits per heavy atom. The van der Waals surface area contributed by atoms with E-state index >= 15 is 0 Å². The number of aryl methyl sites for hydroxylation is 2. The summed E-state index contributed by atoms with van der Waals surface area (Å²) in [6, 6.07) is 3.15. The highest BCUT2D eigenvalue weighted by atomic mass is 32.2. The molecule has 0 saturated carbocycles. The lowest BCUT2D eigenvalue weighted by Crippen LogP contribution is -2.27. The van der Waals surface area contributed by atoms with E-state index < -0.39 is 10.0 Å². The number of rotatable bonds is 8. The lowest BCUT2D eigenvalue weighted by molar-refractivity contribution is -0.121. The van der Waals surface area contributed by atoms with Gasteiger partial charge in [-0.05, 0) is 43.5 Å². The van der Waals surface area contributed by atoms with Crippen molar-refractivity contribution in [1.29, 1.82) is 0 Å². The zero-order valence-corrected chi connectivity index (χ0v) is 14.1. The van der Waals surface area contributed by atoms with Crippen LogP contribution in [0.15, 0.2) is 17.0 Å². The van der Waals surface area contributed by atoms with Crippen molar-refractivity contribution in [3.05, 3.63) is 23.3 Å². The molecule has 0 aliphatic carbocycles. The molecular weight excluding hydrogens is 304 g/mol. The summed E-state index contributed by atoms with van der Waals surface area (Å²) in [5.74, 6) is 0.607. The number of amides is 1. The molecule has 0 heterocycles. The standard InChI is InChI=1S/C15H24N2O4S/c1-4-5-6-15(18)17-7-8-21-13-9-12(3)14(10-11(13)2)22(16,19)20/h9-10H,4-8H2,1-3H3,(H,17,18)(H2,16,19,20). The molecule has 1 rings (SSSR count). The number of hydrogen-bond acceptors (Lipinski definition) is 4. The van der Waals surface area contributed by atoms with Crippen molar-refractivity contribution in [3.63, 3.8) is 0 Å². The average molecular weight is 328 g/mol. The average Bonchev–Trinajstić information content (AvgIpc) is 2.43. The van der Waals surface area contributed by atoms with E-state index in [1.54, 1.807) is 19.9 Å². The van der Waals surface area contributed by atoms with Gasteiger partial charge in [0, 0.05) is 6.42 Å². The van der Waals surface area contributed by atoms with Crippen molar-refractivity contribution in [2.75, 3.05) is 13.2 Å². The van der Waals surface area contributed by atoms with Gasteiger partial charge in [0.25, 0.3) is 0 Å². The minimum absolute atomic E-state index is 0.0166. The van der Waals surface area contributed by atoms with Crippen LogP contribution < -0.4 is 15.2 Å². The van der Waals surface area contributed by atoms with Crippen LogP contribution in [-0.4, -0.2) is 27.5 Å². The van der Waals surface area contributed by atoms with Crippen LogP contribution in [0, 0.1) is 13.8 Å². The number of hydrogen-bond donors (Lipinski definition) is 2.